The van der Waals surface area contributed by atoms with Gasteiger partial charge in [0.25, 0.3) is 0 Å². The summed E-state index contributed by atoms with van der Waals surface area (Å²) in [5.74, 6) is 0.676. The molecule has 0 aliphatic rings. The number of unbranched alkanes of at least 4 members (excludes halogenated alkanes) is 4. The number of hydrogen-bond donors (Lipinski definition) is 2. The number of aromatic hydroxyl groups is 1. The number of pyridine rings is 1. The molecule has 1 amide bonds. The molecule has 2 rings (SSSR count). The molecule has 180 valence electrons. The number of carbonyl (C=O) groups excluding carboxylic acids is 2. The molecule has 0 saturated heterocycles. The Kier molecular flexibility index (Phi) is 12.0. The highest BCUT2D eigenvalue weighted by Crippen LogP contribution is 2.33. The summed E-state index contributed by atoms with van der Waals surface area (Å²) < 4.78 is 5.89. The van der Waals surface area contributed by atoms with Gasteiger partial charge in [-0.1, -0.05) is 32.3 Å². The quantitative estimate of drug-likeness (QED) is 0.261. The number of amides is 1. The van der Waals surface area contributed by atoms with Crippen LogP contribution in [0.15, 0.2) is 36.7 Å². The van der Waals surface area contributed by atoms with E-state index in [0.29, 0.717) is 36.3 Å². The highest BCUT2D eigenvalue weighted by molar-refractivity contribution is 5.97. The van der Waals surface area contributed by atoms with E-state index in [2.05, 4.69) is 16.4 Å². The third-order valence-corrected chi connectivity index (χ3v) is 5.61. The molecule has 1 aromatic heterocycles. The van der Waals surface area contributed by atoms with Crippen LogP contribution in [0.4, 0.5) is 0 Å². The molecule has 1 heterocycles. The van der Waals surface area contributed by atoms with Gasteiger partial charge < -0.3 is 15.2 Å². The molecule has 2 aromatic rings. The Morgan fingerprint density at radius 1 is 1.03 bits per heavy atom. The molecule has 6 heteroatoms. The maximum absolute atomic E-state index is 12.0. The van der Waals surface area contributed by atoms with E-state index in [-0.39, 0.29) is 17.4 Å². The first-order valence-electron chi connectivity index (χ1n) is 12.2. The van der Waals surface area contributed by atoms with Crippen molar-refractivity contribution in [2.75, 3.05) is 13.2 Å². The van der Waals surface area contributed by atoms with Crippen LogP contribution >= 0.6 is 0 Å². The minimum Gasteiger partial charge on any atom is -0.507 e. The Morgan fingerprint density at radius 2 is 1.85 bits per heavy atom. The number of nitrogens with zero attached hydrogens (tertiary/aromatic N) is 1. The largest absolute Gasteiger partial charge is 0.507 e. The van der Waals surface area contributed by atoms with E-state index in [0.717, 1.165) is 57.9 Å². The van der Waals surface area contributed by atoms with E-state index >= 15 is 0 Å². The lowest BCUT2D eigenvalue weighted by Gasteiger charge is -2.14. The SMILES string of the molecule is CCCc1c(OCCCCCCC(=O)NCCCCc2cccnc2)ccc(C(C)=O)c1O. The topological polar surface area (TPSA) is 88.5 Å². The number of rotatable bonds is 16. The summed E-state index contributed by atoms with van der Waals surface area (Å²) in [4.78, 5) is 27.7. The van der Waals surface area contributed by atoms with Gasteiger partial charge in [-0.05, 0) is 69.2 Å². The van der Waals surface area contributed by atoms with Crippen LogP contribution in [-0.4, -0.2) is 34.9 Å². The van der Waals surface area contributed by atoms with E-state index in [1.54, 1.807) is 18.3 Å². The van der Waals surface area contributed by atoms with Gasteiger partial charge in [-0.15, -0.1) is 0 Å². The molecule has 33 heavy (non-hydrogen) atoms. The summed E-state index contributed by atoms with van der Waals surface area (Å²) in [5.41, 5.74) is 2.29. The summed E-state index contributed by atoms with van der Waals surface area (Å²) in [5, 5.41) is 13.4. The van der Waals surface area contributed by atoms with Crippen LogP contribution in [0, 0.1) is 0 Å². The number of nitrogens with one attached hydrogen (secondary N) is 1. The lowest BCUT2D eigenvalue weighted by Crippen LogP contribution is -2.24. The van der Waals surface area contributed by atoms with Crippen LogP contribution in [0.1, 0.15) is 86.7 Å². The Labute approximate surface area is 197 Å². The first kappa shape index (κ1) is 26.4. The maximum Gasteiger partial charge on any atom is 0.219 e. The summed E-state index contributed by atoms with van der Waals surface area (Å²) in [6.07, 6.45) is 12.5. The zero-order valence-corrected chi connectivity index (χ0v) is 20.1. The number of carbonyl (C=O) groups is 2. The van der Waals surface area contributed by atoms with Gasteiger partial charge in [-0.25, -0.2) is 0 Å². The molecule has 1 aromatic carbocycles. The number of Topliss-reactive ketones (excluding diaryl/α,β-unsaturated/α-hetero) is 1. The van der Waals surface area contributed by atoms with Crippen molar-refractivity contribution >= 4 is 11.7 Å². The second-order valence-electron chi connectivity index (χ2n) is 8.43. The Bertz CT molecular complexity index is 868. The lowest BCUT2D eigenvalue weighted by molar-refractivity contribution is -0.121. The minimum atomic E-state index is -0.148. The third kappa shape index (κ3) is 9.64. The number of aromatic nitrogens is 1. The van der Waals surface area contributed by atoms with Crippen molar-refractivity contribution in [3.05, 3.63) is 53.3 Å². The summed E-state index contributed by atoms with van der Waals surface area (Å²) in [6, 6.07) is 7.44. The van der Waals surface area contributed by atoms with Crippen molar-refractivity contribution in [2.45, 2.75) is 78.1 Å². The van der Waals surface area contributed by atoms with Gasteiger partial charge >= 0.3 is 0 Å². The van der Waals surface area contributed by atoms with E-state index in [1.165, 1.54) is 12.5 Å². The van der Waals surface area contributed by atoms with Crippen molar-refractivity contribution in [1.82, 2.24) is 10.3 Å². The number of aryl methyl sites for hydroxylation is 1. The zero-order valence-electron chi connectivity index (χ0n) is 20.1. The fourth-order valence-corrected chi connectivity index (χ4v) is 3.77. The average Bonchev–Trinajstić information content (AvgIpc) is 2.80. The summed E-state index contributed by atoms with van der Waals surface area (Å²) in [7, 11) is 0. The van der Waals surface area contributed by atoms with Crippen LogP contribution in [0.25, 0.3) is 0 Å². The number of hydrogen-bond acceptors (Lipinski definition) is 5. The molecule has 0 bridgehead atoms. The van der Waals surface area contributed by atoms with E-state index < -0.39 is 0 Å². The Morgan fingerprint density at radius 3 is 2.58 bits per heavy atom. The monoisotopic (exact) mass is 454 g/mol. The second-order valence-corrected chi connectivity index (χ2v) is 8.43. The first-order chi connectivity index (χ1) is 16.0. The van der Waals surface area contributed by atoms with Gasteiger partial charge in [-0.3, -0.25) is 14.6 Å². The van der Waals surface area contributed by atoms with E-state index in [1.807, 2.05) is 19.2 Å². The van der Waals surface area contributed by atoms with Gasteiger partial charge in [0.2, 0.25) is 5.91 Å². The molecule has 0 saturated carbocycles. The number of benzene rings is 1. The van der Waals surface area contributed by atoms with Crippen LogP contribution in [0.3, 0.4) is 0 Å². The van der Waals surface area contributed by atoms with Crippen molar-refractivity contribution in [3.8, 4) is 11.5 Å². The number of phenolic OH excluding ortho intramolecular Hbond substituents is 1. The fourth-order valence-electron chi connectivity index (χ4n) is 3.77. The summed E-state index contributed by atoms with van der Waals surface area (Å²) >= 11 is 0. The molecule has 0 unspecified atom stereocenters. The second kappa shape index (κ2) is 15.0. The van der Waals surface area contributed by atoms with Gasteiger partial charge in [-0.2, -0.15) is 0 Å². The average molecular weight is 455 g/mol. The molecule has 0 atom stereocenters. The van der Waals surface area contributed by atoms with Gasteiger partial charge in [0.1, 0.15) is 11.5 Å². The molecule has 2 N–H and O–H groups in total. The van der Waals surface area contributed by atoms with E-state index in [4.69, 9.17) is 4.74 Å². The Balaban J connectivity index is 1.54. The van der Waals surface area contributed by atoms with Crippen molar-refractivity contribution in [1.29, 1.82) is 0 Å². The normalized spacial score (nSPS) is 10.7. The smallest absolute Gasteiger partial charge is 0.219 e. The minimum absolute atomic E-state index is 0.0462. The molecular weight excluding hydrogens is 416 g/mol. The summed E-state index contributed by atoms with van der Waals surface area (Å²) in [6.45, 7) is 4.76. The molecular formula is C27H38N2O4. The van der Waals surface area contributed by atoms with Gasteiger partial charge in [0.15, 0.2) is 5.78 Å². The van der Waals surface area contributed by atoms with Crippen LogP contribution in [0.5, 0.6) is 11.5 Å². The van der Waals surface area contributed by atoms with Crippen LogP contribution in [-0.2, 0) is 17.6 Å². The molecule has 0 spiro atoms. The Hall–Kier alpha value is -2.89. The molecule has 0 aliphatic heterocycles. The first-order valence-corrected chi connectivity index (χ1v) is 12.2. The van der Waals surface area contributed by atoms with Gasteiger partial charge in [0, 0.05) is 30.9 Å². The van der Waals surface area contributed by atoms with Crippen LogP contribution < -0.4 is 10.1 Å². The standard InChI is InChI=1S/C27H38N2O4/c1-3-11-24-25(16-15-23(21(2)30)27(24)32)33-19-9-5-4-6-14-26(31)29-18-8-7-12-22-13-10-17-28-20-22/h10,13,15-17,20,32H,3-9,11-12,14,18-19H2,1-2H3,(H,29,31). The van der Waals surface area contributed by atoms with Gasteiger partial charge in [0.05, 0.1) is 12.2 Å². The van der Waals surface area contributed by atoms with Crippen molar-refractivity contribution < 1.29 is 19.4 Å². The molecule has 6 nitrogen and oxygen atoms in total. The predicted molar refractivity (Wildman–Crippen MR) is 131 cm³/mol. The van der Waals surface area contributed by atoms with Crippen molar-refractivity contribution in [3.63, 3.8) is 0 Å². The predicted octanol–water partition coefficient (Wildman–Crippen LogP) is 5.41. The third-order valence-electron chi connectivity index (χ3n) is 5.61. The molecule has 0 aliphatic carbocycles. The number of ether oxygens (including phenoxy) is 1. The number of phenols is 1. The van der Waals surface area contributed by atoms with Crippen LogP contribution in [0.2, 0.25) is 0 Å². The van der Waals surface area contributed by atoms with E-state index in [9.17, 15) is 14.7 Å². The lowest BCUT2D eigenvalue weighted by atomic mass is 10.0. The highest BCUT2D eigenvalue weighted by atomic mass is 16.5. The zero-order chi connectivity index (χ0) is 23.9. The number of ketones is 1. The molecule has 0 radical (unpaired) electrons. The van der Waals surface area contributed by atoms with Crippen molar-refractivity contribution in [2.24, 2.45) is 0 Å². The fraction of sp³-hybridized carbons (Fsp3) is 0.519. The maximum atomic E-state index is 12.0. The molecule has 0 fully saturated rings. The highest BCUT2D eigenvalue weighted by Gasteiger charge is 2.15.